The predicted octanol–water partition coefficient (Wildman–Crippen LogP) is 0.361. The number of oxazole rings is 1. The van der Waals surface area contributed by atoms with Gasteiger partial charge in [0.05, 0.1) is 10.4 Å². The van der Waals surface area contributed by atoms with Crippen molar-refractivity contribution in [1.82, 2.24) is 14.2 Å². The maximum Gasteiger partial charge on any atom is 0.419 e. The zero-order chi connectivity index (χ0) is 15.6. The van der Waals surface area contributed by atoms with Crippen molar-refractivity contribution in [3.05, 3.63) is 28.7 Å². The molecule has 0 fully saturated rings. The Balaban J connectivity index is 2.34. The smallest absolute Gasteiger partial charge is 0.408 e. The van der Waals surface area contributed by atoms with Crippen molar-refractivity contribution >= 4 is 21.1 Å². The van der Waals surface area contributed by atoms with E-state index in [2.05, 4.69) is 5.32 Å². The molecule has 1 aromatic heterocycles. The summed E-state index contributed by atoms with van der Waals surface area (Å²) < 4.78 is 32.5. The van der Waals surface area contributed by atoms with Crippen LogP contribution in [0.1, 0.15) is 6.42 Å². The second kappa shape index (κ2) is 6.00. The van der Waals surface area contributed by atoms with E-state index in [-0.39, 0.29) is 10.5 Å². The van der Waals surface area contributed by atoms with Gasteiger partial charge in [-0.3, -0.25) is 4.57 Å². The zero-order valence-electron chi connectivity index (χ0n) is 12.3. The highest BCUT2D eigenvalue weighted by atomic mass is 32.2. The van der Waals surface area contributed by atoms with Gasteiger partial charge in [0.25, 0.3) is 0 Å². The summed E-state index contributed by atoms with van der Waals surface area (Å²) in [7, 11) is 1.35. The lowest BCUT2D eigenvalue weighted by atomic mass is 10.3. The fraction of sp³-hybridized carbons (Fsp3) is 0.462. The molecule has 1 N–H and O–H groups in total. The van der Waals surface area contributed by atoms with E-state index in [1.54, 1.807) is 13.1 Å². The molecule has 8 heteroatoms. The third kappa shape index (κ3) is 3.02. The Labute approximate surface area is 123 Å². The van der Waals surface area contributed by atoms with Gasteiger partial charge >= 0.3 is 5.76 Å². The molecule has 0 saturated carbocycles. The number of rotatable bonds is 6. The lowest BCUT2D eigenvalue weighted by molar-refractivity contribution is 0.458. The van der Waals surface area contributed by atoms with E-state index in [1.807, 2.05) is 7.05 Å². The van der Waals surface area contributed by atoms with Crippen LogP contribution in [0.15, 0.2) is 32.3 Å². The molecule has 0 spiro atoms. The number of fused-ring (bicyclic) bond motifs is 1. The molecule has 2 rings (SSSR count). The first-order chi connectivity index (χ1) is 9.87. The van der Waals surface area contributed by atoms with Gasteiger partial charge in [-0.15, -0.1) is 0 Å². The Morgan fingerprint density at radius 3 is 2.76 bits per heavy atom. The van der Waals surface area contributed by atoms with Crippen molar-refractivity contribution in [1.29, 1.82) is 0 Å². The van der Waals surface area contributed by atoms with Gasteiger partial charge in [0.2, 0.25) is 10.0 Å². The van der Waals surface area contributed by atoms with Crippen LogP contribution in [0.2, 0.25) is 0 Å². The fourth-order valence-corrected chi connectivity index (χ4v) is 3.28. The van der Waals surface area contributed by atoms with E-state index >= 15 is 0 Å². The molecule has 0 bridgehead atoms. The maximum atomic E-state index is 12.4. The summed E-state index contributed by atoms with van der Waals surface area (Å²) in [5.74, 6) is -0.512. The quantitative estimate of drug-likeness (QED) is 0.779. The van der Waals surface area contributed by atoms with Crippen LogP contribution in [-0.4, -0.2) is 44.5 Å². The van der Waals surface area contributed by atoms with Gasteiger partial charge in [0.15, 0.2) is 5.58 Å². The number of sulfonamides is 1. The van der Waals surface area contributed by atoms with E-state index in [4.69, 9.17) is 4.42 Å². The van der Waals surface area contributed by atoms with Crippen LogP contribution in [0.25, 0.3) is 11.1 Å². The van der Waals surface area contributed by atoms with Crippen molar-refractivity contribution in [3.63, 3.8) is 0 Å². The SMILES string of the molecule is CNCCCN(C)S(=O)(=O)c1ccc2c(c1)oc(=O)n2C. The molecule has 7 nitrogen and oxygen atoms in total. The van der Waals surface area contributed by atoms with E-state index in [0.29, 0.717) is 12.1 Å². The third-order valence-corrected chi connectivity index (χ3v) is 5.22. The molecular formula is C13H19N3O4S. The molecule has 21 heavy (non-hydrogen) atoms. The lowest BCUT2D eigenvalue weighted by Crippen LogP contribution is -2.29. The molecule has 0 saturated heterocycles. The second-order valence-corrected chi connectivity index (χ2v) is 6.89. The summed E-state index contributed by atoms with van der Waals surface area (Å²) in [4.78, 5) is 11.6. The molecule has 0 aliphatic carbocycles. The Bertz CT molecular complexity index is 791. The third-order valence-electron chi connectivity index (χ3n) is 3.37. The normalized spacial score (nSPS) is 12.4. The Morgan fingerprint density at radius 1 is 1.38 bits per heavy atom. The Hall–Kier alpha value is -1.64. The van der Waals surface area contributed by atoms with Crippen LogP contribution < -0.4 is 11.1 Å². The van der Waals surface area contributed by atoms with E-state index in [1.165, 1.54) is 28.1 Å². The molecule has 0 aliphatic heterocycles. The standard InChI is InChI=1S/C13H19N3O4S/c1-14-7-4-8-15(2)21(18,19)10-5-6-11-12(9-10)20-13(17)16(11)3/h5-6,9,14H,4,7-8H2,1-3H3. The highest BCUT2D eigenvalue weighted by Gasteiger charge is 2.21. The molecule has 1 aromatic carbocycles. The topological polar surface area (TPSA) is 84.6 Å². The van der Waals surface area contributed by atoms with Crippen LogP contribution in [0.4, 0.5) is 0 Å². The molecule has 0 atom stereocenters. The number of aryl methyl sites for hydroxylation is 1. The highest BCUT2D eigenvalue weighted by Crippen LogP contribution is 2.20. The first-order valence-electron chi connectivity index (χ1n) is 6.58. The maximum absolute atomic E-state index is 12.4. The Morgan fingerprint density at radius 2 is 2.10 bits per heavy atom. The second-order valence-electron chi connectivity index (χ2n) is 4.84. The summed E-state index contributed by atoms with van der Waals surface area (Å²) in [6.07, 6.45) is 0.717. The van der Waals surface area contributed by atoms with Crippen LogP contribution in [-0.2, 0) is 17.1 Å². The zero-order valence-corrected chi connectivity index (χ0v) is 13.1. The lowest BCUT2D eigenvalue weighted by Gasteiger charge is -2.16. The number of aromatic nitrogens is 1. The van der Waals surface area contributed by atoms with Crippen molar-refractivity contribution in [2.24, 2.45) is 7.05 Å². The fourth-order valence-electron chi connectivity index (χ4n) is 2.05. The minimum Gasteiger partial charge on any atom is -0.408 e. The van der Waals surface area contributed by atoms with Gasteiger partial charge < -0.3 is 9.73 Å². The van der Waals surface area contributed by atoms with Crippen LogP contribution in [0, 0.1) is 0 Å². The Kier molecular flexibility index (Phi) is 4.50. The number of hydrogen-bond donors (Lipinski definition) is 1. The van der Waals surface area contributed by atoms with Crippen LogP contribution in [0.5, 0.6) is 0 Å². The molecule has 0 radical (unpaired) electrons. The largest absolute Gasteiger partial charge is 0.419 e. The number of hydrogen-bond acceptors (Lipinski definition) is 5. The first kappa shape index (κ1) is 15.7. The summed E-state index contributed by atoms with van der Waals surface area (Å²) >= 11 is 0. The van der Waals surface area contributed by atoms with Crippen molar-refractivity contribution in [2.75, 3.05) is 27.2 Å². The monoisotopic (exact) mass is 313 g/mol. The molecular weight excluding hydrogens is 294 g/mol. The summed E-state index contributed by atoms with van der Waals surface area (Å²) in [6, 6.07) is 4.45. The number of benzene rings is 1. The van der Waals surface area contributed by atoms with Gasteiger partial charge in [-0.2, -0.15) is 0 Å². The molecule has 1 heterocycles. The number of nitrogens with zero attached hydrogens (tertiary/aromatic N) is 2. The summed E-state index contributed by atoms with van der Waals surface area (Å²) in [6.45, 7) is 1.16. The molecule has 2 aromatic rings. The summed E-state index contributed by atoms with van der Waals surface area (Å²) in [5.41, 5.74) is 0.837. The minimum atomic E-state index is -3.58. The molecule has 0 amide bonds. The van der Waals surface area contributed by atoms with Crippen LogP contribution >= 0.6 is 0 Å². The molecule has 0 unspecified atom stereocenters. The molecule has 116 valence electrons. The summed E-state index contributed by atoms with van der Waals surface area (Å²) in [5, 5.41) is 2.97. The van der Waals surface area contributed by atoms with Crippen LogP contribution in [0.3, 0.4) is 0 Å². The van der Waals surface area contributed by atoms with Gasteiger partial charge in [0, 0.05) is 26.7 Å². The van der Waals surface area contributed by atoms with Crippen molar-refractivity contribution in [2.45, 2.75) is 11.3 Å². The van der Waals surface area contributed by atoms with Gasteiger partial charge in [0.1, 0.15) is 0 Å². The van der Waals surface area contributed by atoms with Crippen molar-refractivity contribution < 1.29 is 12.8 Å². The number of nitrogens with one attached hydrogen (secondary N) is 1. The predicted molar refractivity (Wildman–Crippen MR) is 79.8 cm³/mol. The average molecular weight is 313 g/mol. The van der Waals surface area contributed by atoms with E-state index in [0.717, 1.165) is 13.0 Å². The van der Waals surface area contributed by atoms with Gasteiger partial charge in [-0.25, -0.2) is 17.5 Å². The molecule has 0 aliphatic rings. The van der Waals surface area contributed by atoms with E-state index < -0.39 is 15.8 Å². The van der Waals surface area contributed by atoms with Gasteiger partial charge in [-0.1, -0.05) is 0 Å². The van der Waals surface area contributed by atoms with E-state index in [9.17, 15) is 13.2 Å². The van der Waals surface area contributed by atoms with Crippen molar-refractivity contribution in [3.8, 4) is 0 Å². The first-order valence-corrected chi connectivity index (χ1v) is 8.02. The van der Waals surface area contributed by atoms with Gasteiger partial charge in [-0.05, 0) is 32.1 Å². The minimum absolute atomic E-state index is 0.122. The average Bonchev–Trinajstić information content (AvgIpc) is 2.73. The highest BCUT2D eigenvalue weighted by molar-refractivity contribution is 7.89.